The lowest BCUT2D eigenvalue weighted by Crippen LogP contribution is -2.40. The molecule has 0 spiro atoms. The smallest absolute Gasteiger partial charge is 0.211 e. The maximum Gasteiger partial charge on any atom is 0.211 e. The van der Waals surface area contributed by atoms with Gasteiger partial charge in [0, 0.05) is 26.2 Å². The Morgan fingerprint density at radius 2 is 2.24 bits per heavy atom. The van der Waals surface area contributed by atoms with Crippen LogP contribution in [0.2, 0.25) is 0 Å². The van der Waals surface area contributed by atoms with E-state index in [-0.39, 0.29) is 6.04 Å². The summed E-state index contributed by atoms with van der Waals surface area (Å²) in [5.74, 6) is 0.390. The second kappa shape index (κ2) is 6.46. The standard InChI is InChI=1S/C14H26N4O2S/c1-11-8-14(17(3)16-11)13(15-2)9-12-6-5-7-18(10-12)21(4,19)20/h8,12-13,15H,5-7,9-10H2,1-4H3. The number of aromatic nitrogens is 2. The summed E-state index contributed by atoms with van der Waals surface area (Å²) >= 11 is 0. The fourth-order valence-electron chi connectivity index (χ4n) is 3.20. The molecule has 2 unspecified atom stereocenters. The van der Waals surface area contributed by atoms with E-state index in [1.807, 2.05) is 25.7 Å². The monoisotopic (exact) mass is 314 g/mol. The average molecular weight is 314 g/mol. The van der Waals surface area contributed by atoms with Crippen LogP contribution in [0, 0.1) is 12.8 Å². The predicted molar refractivity (Wildman–Crippen MR) is 83.5 cm³/mol. The van der Waals surface area contributed by atoms with Crippen molar-refractivity contribution in [3.63, 3.8) is 0 Å². The van der Waals surface area contributed by atoms with Crippen LogP contribution in [-0.2, 0) is 17.1 Å². The molecule has 1 aliphatic rings. The number of aryl methyl sites for hydroxylation is 2. The van der Waals surface area contributed by atoms with Crippen molar-refractivity contribution in [2.75, 3.05) is 26.4 Å². The fourth-order valence-corrected chi connectivity index (χ4v) is 4.14. The molecule has 120 valence electrons. The fraction of sp³-hybridized carbons (Fsp3) is 0.786. The summed E-state index contributed by atoms with van der Waals surface area (Å²) in [4.78, 5) is 0. The molecular weight excluding hydrogens is 288 g/mol. The molecule has 0 aromatic carbocycles. The molecule has 0 aliphatic carbocycles. The van der Waals surface area contributed by atoms with Crippen LogP contribution >= 0.6 is 0 Å². The van der Waals surface area contributed by atoms with Crippen molar-refractivity contribution in [3.05, 3.63) is 17.5 Å². The van der Waals surface area contributed by atoms with Gasteiger partial charge in [-0.05, 0) is 45.2 Å². The van der Waals surface area contributed by atoms with Crippen LogP contribution in [-0.4, -0.2) is 48.9 Å². The summed E-state index contributed by atoms with van der Waals surface area (Å²) in [5.41, 5.74) is 2.17. The summed E-state index contributed by atoms with van der Waals surface area (Å²) in [5, 5.41) is 7.74. The van der Waals surface area contributed by atoms with Gasteiger partial charge >= 0.3 is 0 Å². The Morgan fingerprint density at radius 3 is 2.76 bits per heavy atom. The summed E-state index contributed by atoms with van der Waals surface area (Å²) in [6.07, 6.45) is 4.26. The van der Waals surface area contributed by atoms with Gasteiger partial charge in [-0.1, -0.05) is 0 Å². The number of sulfonamides is 1. The Bertz CT molecular complexity index is 582. The van der Waals surface area contributed by atoms with Crippen molar-refractivity contribution in [2.45, 2.75) is 32.2 Å². The summed E-state index contributed by atoms with van der Waals surface area (Å²) in [6, 6.07) is 2.30. The first kappa shape index (κ1) is 16.5. The van der Waals surface area contributed by atoms with E-state index in [0.717, 1.165) is 30.7 Å². The zero-order chi connectivity index (χ0) is 15.6. The molecule has 0 radical (unpaired) electrons. The van der Waals surface area contributed by atoms with Crippen molar-refractivity contribution < 1.29 is 8.42 Å². The average Bonchev–Trinajstić information content (AvgIpc) is 2.74. The van der Waals surface area contributed by atoms with Crippen LogP contribution in [0.15, 0.2) is 6.07 Å². The Kier molecular flexibility index (Phi) is 5.06. The molecule has 2 rings (SSSR count). The molecule has 0 saturated carbocycles. The van der Waals surface area contributed by atoms with Gasteiger partial charge in [-0.25, -0.2) is 12.7 Å². The molecule has 2 atom stereocenters. The lowest BCUT2D eigenvalue weighted by Gasteiger charge is -2.33. The maximum absolute atomic E-state index is 11.7. The van der Waals surface area contributed by atoms with Crippen molar-refractivity contribution in [2.24, 2.45) is 13.0 Å². The third-order valence-electron chi connectivity index (χ3n) is 4.26. The first-order valence-corrected chi connectivity index (χ1v) is 9.29. The normalized spacial score (nSPS) is 22.4. The Balaban J connectivity index is 2.07. The van der Waals surface area contributed by atoms with E-state index in [9.17, 15) is 8.42 Å². The van der Waals surface area contributed by atoms with Crippen LogP contribution in [0.4, 0.5) is 0 Å². The molecule has 0 amide bonds. The van der Waals surface area contributed by atoms with Gasteiger partial charge in [0.2, 0.25) is 10.0 Å². The number of piperidine rings is 1. The van der Waals surface area contributed by atoms with E-state index < -0.39 is 10.0 Å². The SMILES string of the molecule is CNC(CC1CCCN(S(C)(=O)=O)C1)c1cc(C)nn1C. The van der Waals surface area contributed by atoms with E-state index >= 15 is 0 Å². The van der Waals surface area contributed by atoms with Gasteiger partial charge in [-0.15, -0.1) is 0 Å². The highest BCUT2D eigenvalue weighted by molar-refractivity contribution is 7.88. The van der Waals surface area contributed by atoms with E-state index in [1.165, 1.54) is 6.26 Å². The minimum absolute atomic E-state index is 0.209. The van der Waals surface area contributed by atoms with Crippen LogP contribution in [0.25, 0.3) is 0 Å². The van der Waals surface area contributed by atoms with Gasteiger partial charge in [0.25, 0.3) is 0 Å². The van der Waals surface area contributed by atoms with Crippen LogP contribution in [0.1, 0.15) is 36.7 Å². The second-order valence-electron chi connectivity index (χ2n) is 6.04. The van der Waals surface area contributed by atoms with Gasteiger partial charge in [-0.3, -0.25) is 4.68 Å². The number of nitrogens with one attached hydrogen (secondary N) is 1. The molecule has 7 heteroatoms. The molecule has 1 N–H and O–H groups in total. The van der Waals surface area contributed by atoms with Crippen LogP contribution in [0.5, 0.6) is 0 Å². The molecule has 0 bridgehead atoms. The zero-order valence-electron chi connectivity index (χ0n) is 13.3. The van der Waals surface area contributed by atoms with Crippen molar-refractivity contribution in [1.82, 2.24) is 19.4 Å². The molecule has 1 aromatic rings. The Morgan fingerprint density at radius 1 is 1.52 bits per heavy atom. The molecular formula is C14H26N4O2S. The molecule has 1 saturated heterocycles. The molecule has 6 nitrogen and oxygen atoms in total. The second-order valence-corrected chi connectivity index (χ2v) is 8.02. The molecule has 1 aromatic heterocycles. The first-order chi connectivity index (χ1) is 9.81. The minimum atomic E-state index is -3.07. The summed E-state index contributed by atoms with van der Waals surface area (Å²) in [7, 11) is 0.829. The third kappa shape index (κ3) is 4.05. The van der Waals surface area contributed by atoms with Crippen LogP contribution < -0.4 is 5.32 Å². The number of rotatable bonds is 5. The highest BCUT2D eigenvalue weighted by atomic mass is 32.2. The van der Waals surface area contributed by atoms with Gasteiger partial charge in [0.05, 0.1) is 17.6 Å². The number of hydrogen-bond donors (Lipinski definition) is 1. The lowest BCUT2D eigenvalue weighted by molar-refractivity contribution is 0.238. The predicted octanol–water partition coefficient (Wildman–Crippen LogP) is 1.05. The zero-order valence-corrected chi connectivity index (χ0v) is 14.2. The maximum atomic E-state index is 11.7. The molecule has 1 aliphatic heterocycles. The van der Waals surface area contributed by atoms with Crippen LogP contribution in [0.3, 0.4) is 0 Å². The quantitative estimate of drug-likeness (QED) is 0.882. The number of nitrogens with zero attached hydrogens (tertiary/aromatic N) is 3. The molecule has 21 heavy (non-hydrogen) atoms. The third-order valence-corrected chi connectivity index (χ3v) is 5.53. The minimum Gasteiger partial charge on any atom is -0.312 e. The Hall–Kier alpha value is -0.920. The lowest BCUT2D eigenvalue weighted by atomic mass is 9.91. The van der Waals surface area contributed by atoms with E-state index in [1.54, 1.807) is 4.31 Å². The topological polar surface area (TPSA) is 67.2 Å². The first-order valence-electron chi connectivity index (χ1n) is 7.44. The van der Waals surface area contributed by atoms with Crippen molar-refractivity contribution in [1.29, 1.82) is 0 Å². The molecule has 2 heterocycles. The van der Waals surface area contributed by atoms with Gasteiger partial charge in [0.15, 0.2) is 0 Å². The summed E-state index contributed by atoms with van der Waals surface area (Å²) in [6.45, 7) is 3.28. The molecule has 1 fully saturated rings. The van der Waals surface area contributed by atoms with E-state index in [4.69, 9.17) is 0 Å². The van der Waals surface area contributed by atoms with E-state index in [0.29, 0.717) is 19.0 Å². The summed E-state index contributed by atoms with van der Waals surface area (Å²) < 4.78 is 26.9. The van der Waals surface area contributed by atoms with Crippen molar-refractivity contribution in [3.8, 4) is 0 Å². The number of hydrogen-bond acceptors (Lipinski definition) is 4. The Labute approximate surface area is 127 Å². The van der Waals surface area contributed by atoms with Crippen molar-refractivity contribution >= 4 is 10.0 Å². The van der Waals surface area contributed by atoms with Gasteiger partial charge < -0.3 is 5.32 Å². The largest absolute Gasteiger partial charge is 0.312 e. The highest BCUT2D eigenvalue weighted by Crippen LogP contribution is 2.28. The highest BCUT2D eigenvalue weighted by Gasteiger charge is 2.28. The van der Waals surface area contributed by atoms with Gasteiger partial charge in [0.1, 0.15) is 0 Å². The van der Waals surface area contributed by atoms with Gasteiger partial charge in [-0.2, -0.15) is 5.10 Å². The van der Waals surface area contributed by atoms with E-state index in [2.05, 4.69) is 16.5 Å².